The monoisotopic (exact) mass is 335 g/mol. The van der Waals surface area contributed by atoms with E-state index in [0.29, 0.717) is 5.95 Å². The number of nitrogen functional groups attached to an aromatic ring is 1. The fraction of sp³-hybridized carbons (Fsp3) is 0. The van der Waals surface area contributed by atoms with E-state index in [2.05, 4.69) is 39.7 Å². The van der Waals surface area contributed by atoms with Gasteiger partial charge in [-0.1, -0.05) is 12.1 Å². The van der Waals surface area contributed by atoms with Gasteiger partial charge in [-0.25, -0.2) is 4.98 Å². The minimum atomic E-state index is 0.521. The van der Waals surface area contributed by atoms with E-state index in [1.807, 2.05) is 41.0 Å². The van der Waals surface area contributed by atoms with Crippen LogP contribution in [-0.2, 0) is 0 Å². The van der Waals surface area contributed by atoms with Crippen molar-refractivity contribution in [3.8, 4) is 5.69 Å². The van der Waals surface area contributed by atoms with Gasteiger partial charge in [0.25, 0.3) is 0 Å². The number of hydrogen-bond donors (Lipinski definition) is 1. The molecule has 1 heterocycles. The van der Waals surface area contributed by atoms with Crippen molar-refractivity contribution in [2.45, 2.75) is 0 Å². The van der Waals surface area contributed by atoms with Crippen molar-refractivity contribution in [3.05, 3.63) is 52.1 Å². The van der Waals surface area contributed by atoms with Crippen molar-refractivity contribution >= 4 is 39.6 Å². The Bertz CT molecular complexity index is 671. The topological polar surface area (TPSA) is 43.8 Å². The maximum Gasteiger partial charge on any atom is 0.205 e. The van der Waals surface area contributed by atoms with Crippen LogP contribution in [0.4, 0.5) is 5.95 Å². The van der Waals surface area contributed by atoms with Gasteiger partial charge in [0.1, 0.15) is 0 Å². The number of imidazole rings is 1. The number of nitrogens with zero attached hydrogens (tertiary/aromatic N) is 2. The van der Waals surface area contributed by atoms with Crippen molar-refractivity contribution in [1.82, 2.24) is 9.55 Å². The Hall–Kier alpha value is -1.56. The molecular formula is C13H10IN3. The van der Waals surface area contributed by atoms with Crippen molar-refractivity contribution < 1.29 is 0 Å². The maximum absolute atomic E-state index is 5.97. The molecule has 0 spiro atoms. The first-order valence-corrected chi connectivity index (χ1v) is 6.32. The largest absolute Gasteiger partial charge is 0.369 e. The third kappa shape index (κ3) is 1.78. The minimum absolute atomic E-state index is 0.521. The first-order chi connectivity index (χ1) is 8.25. The summed E-state index contributed by atoms with van der Waals surface area (Å²) >= 11 is 2.28. The van der Waals surface area contributed by atoms with Crippen LogP contribution in [0, 0.1) is 3.57 Å². The Balaban J connectivity index is 2.29. The van der Waals surface area contributed by atoms with Crippen LogP contribution >= 0.6 is 22.6 Å². The maximum atomic E-state index is 5.97. The van der Waals surface area contributed by atoms with Gasteiger partial charge in [-0.3, -0.25) is 4.57 Å². The number of benzene rings is 2. The van der Waals surface area contributed by atoms with Crippen LogP contribution < -0.4 is 5.73 Å². The smallest absolute Gasteiger partial charge is 0.205 e. The van der Waals surface area contributed by atoms with Crippen LogP contribution in [0.25, 0.3) is 16.7 Å². The number of halogens is 1. The molecule has 1 aromatic heterocycles. The lowest BCUT2D eigenvalue weighted by Gasteiger charge is -2.06. The number of fused-ring (bicyclic) bond motifs is 1. The highest BCUT2D eigenvalue weighted by Crippen LogP contribution is 2.23. The zero-order chi connectivity index (χ0) is 11.8. The lowest BCUT2D eigenvalue weighted by atomic mass is 10.3. The van der Waals surface area contributed by atoms with Crippen LogP contribution in [-0.4, -0.2) is 9.55 Å². The summed E-state index contributed by atoms with van der Waals surface area (Å²) in [4.78, 5) is 4.35. The van der Waals surface area contributed by atoms with Crippen LogP contribution in [0.3, 0.4) is 0 Å². The van der Waals surface area contributed by atoms with Gasteiger partial charge in [-0.2, -0.15) is 0 Å². The van der Waals surface area contributed by atoms with Gasteiger partial charge in [0.2, 0.25) is 5.95 Å². The second-order valence-electron chi connectivity index (χ2n) is 3.77. The van der Waals surface area contributed by atoms with Crippen LogP contribution in [0.15, 0.2) is 48.5 Å². The van der Waals surface area contributed by atoms with E-state index < -0.39 is 0 Å². The molecule has 0 atom stereocenters. The average Bonchev–Trinajstić information content (AvgIpc) is 2.66. The third-order valence-corrected chi connectivity index (χ3v) is 3.39. The van der Waals surface area contributed by atoms with Crippen molar-refractivity contribution in [2.24, 2.45) is 0 Å². The fourth-order valence-electron chi connectivity index (χ4n) is 1.91. The first-order valence-electron chi connectivity index (χ1n) is 5.24. The Kier molecular flexibility index (Phi) is 2.51. The molecule has 0 aliphatic carbocycles. The summed E-state index contributed by atoms with van der Waals surface area (Å²) in [6, 6.07) is 16.2. The van der Waals surface area contributed by atoms with Crippen LogP contribution in [0.1, 0.15) is 0 Å². The molecule has 0 radical (unpaired) electrons. The minimum Gasteiger partial charge on any atom is -0.369 e. The van der Waals surface area contributed by atoms with E-state index in [1.165, 1.54) is 3.57 Å². The highest BCUT2D eigenvalue weighted by molar-refractivity contribution is 14.1. The van der Waals surface area contributed by atoms with E-state index in [4.69, 9.17) is 5.73 Å². The molecule has 0 fully saturated rings. The van der Waals surface area contributed by atoms with Gasteiger partial charge in [-0.05, 0) is 59.0 Å². The van der Waals surface area contributed by atoms with E-state index in [0.717, 1.165) is 16.7 Å². The number of para-hydroxylation sites is 2. The zero-order valence-corrected chi connectivity index (χ0v) is 11.1. The Morgan fingerprint density at radius 3 is 2.47 bits per heavy atom. The summed E-state index contributed by atoms with van der Waals surface area (Å²) in [5, 5.41) is 0. The van der Waals surface area contributed by atoms with Crippen LogP contribution in [0.5, 0.6) is 0 Å². The SMILES string of the molecule is Nc1nc2ccccc2n1-c1ccc(I)cc1. The Labute approximate surface area is 112 Å². The molecule has 0 aliphatic heterocycles. The molecule has 0 bridgehead atoms. The molecule has 2 aromatic carbocycles. The standard InChI is InChI=1S/C13H10IN3/c14-9-5-7-10(8-6-9)17-12-4-2-1-3-11(12)16-13(17)15/h1-8H,(H2,15,16). The summed E-state index contributed by atoms with van der Waals surface area (Å²) in [5.74, 6) is 0.521. The predicted octanol–water partition coefficient (Wildman–Crippen LogP) is 3.21. The molecule has 17 heavy (non-hydrogen) atoms. The Morgan fingerprint density at radius 2 is 1.71 bits per heavy atom. The summed E-state index contributed by atoms with van der Waals surface area (Å²) < 4.78 is 3.17. The summed E-state index contributed by atoms with van der Waals surface area (Å²) in [5.41, 5.74) is 8.97. The van der Waals surface area contributed by atoms with E-state index in [9.17, 15) is 0 Å². The third-order valence-electron chi connectivity index (χ3n) is 2.67. The second-order valence-corrected chi connectivity index (χ2v) is 5.02. The highest BCUT2D eigenvalue weighted by Gasteiger charge is 2.08. The van der Waals surface area contributed by atoms with E-state index in [1.54, 1.807) is 0 Å². The summed E-state index contributed by atoms with van der Waals surface area (Å²) in [6.07, 6.45) is 0. The van der Waals surface area contributed by atoms with Crippen molar-refractivity contribution in [3.63, 3.8) is 0 Å². The van der Waals surface area contributed by atoms with Gasteiger partial charge < -0.3 is 5.73 Å². The lowest BCUT2D eigenvalue weighted by molar-refractivity contribution is 1.11. The number of rotatable bonds is 1. The van der Waals surface area contributed by atoms with Gasteiger partial charge in [-0.15, -0.1) is 0 Å². The number of anilines is 1. The lowest BCUT2D eigenvalue weighted by Crippen LogP contribution is -2.00. The normalized spacial score (nSPS) is 10.9. The molecule has 3 aromatic rings. The average molecular weight is 335 g/mol. The molecule has 4 heteroatoms. The van der Waals surface area contributed by atoms with Gasteiger partial charge in [0.05, 0.1) is 11.0 Å². The van der Waals surface area contributed by atoms with Gasteiger partial charge >= 0.3 is 0 Å². The number of nitrogens with two attached hydrogens (primary N) is 1. The molecule has 0 amide bonds. The molecule has 3 nitrogen and oxygen atoms in total. The number of aromatic nitrogens is 2. The van der Waals surface area contributed by atoms with Crippen LogP contribution in [0.2, 0.25) is 0 Å². The zero-order valence-electron chi connectivity index (χ0n) is 8.97. The second kappa shape index (κ2) is 4.03. The van der Waals surface area contributed by atoms with Crippen molar-refractivity contribution in [1.29, 1.82) is 0 Å². The molecule has 0 saturated heterocycles. The molecular weight excluding hydrogens is 325 g/mol. The van der Waals surface area contributed by atoms with Gasteiger partial charge in [0.15, 0.2) is 0 Å². The highest BCUT2D eigenvalue weighted by atomic mass is 127. The van der Waals surface area contributed by atoms with E-state index >= 15 is 0 Å². The molecule has 84 valence electrons. The molecule has 2 N–H and O–H groups in total. The molecule has 0 aliphatic rings. The van der Waals surface area contributed by atoms with Gasteiger partial charge in [0, 0.05) is 9.26 Å². The predicted molar refractivity (Wildman–Crippen MR) is 78.2 cm³/mol. The molecule has 0 saturated carbocycles. The summed E-state index contributed by atoms with van der Waals surface area (Å²) in [7, 11) is 0. The molecule has 3 rings (SSSR count). The quantitative estimate of drug-likeness (QED) is 0.694. The molecule has 0 unspecified atom stereocenters. The van der Waals surface area contributed by atoms with Crippen molar-refractivity contribution in [2.75, 3.05) is 5.73 Å². The summed E-state index contributed by atoms with van der Waals surface area (Å²) in [6.45, 7) is 0. The Morgan fingerprint density at radius 1 is 1.00 bits per heavy atom. The van der Waals surface area contributed by atoms with E-state index in [-0.39, 0.29) is 0 Å². The number of hydrogen-bond acceptors (Lipinski definition) is 2. The first kappa shape index (κ1) is 10.6. The fourth-order valence-corrected chi connectivity index (χ4v) is 2.27.